The maximum absolute atomic E-state index is 13.0. The first kappa shape index (κ1) is 14.6. The van der Waals surface area contributed by atoms with Gasteiger partial charge in [0.2, 0.25) is 5.91 Å². The van der Waals surface area contributed by atoms with Gasteiger partial charge in [-0.1, -0.05) is 37.3 Å². The highest BCUT2D eigenvalue weighted by molar-refractivity contribution is 5.84. The lowest BCUT2D eigenvalue weighted by Crippen LogP contribution is -2.44. The van der Waals surface area contributed by atoms with Gasteiger partial charge in [-0.2, -0.15) is 0 Å². The zero-order valence-electron chi connectivity index (χ0n) is 12.9. The number of carbonyl (C=O) groups is 1. The van der Waals surface area contributed by atoms with E-state index in [-0.39, 0.29) is 5.92 Å². The molecule has 1 N–H and O–H groups in total. The summed E-state index contributed by atoms with van der Waals surface area (Å²) in [5.74, 6) is 0.355. The number of benzene rings is 1. The summed E-state index contributed by atoms with van der Waals surface area (Å²) in [5, 5.41) is 3.53. The van der Waals surface area contributed by atoms with Crippen molar-refractivity contribution in [3.8, 4) is 0 Å². The number of nitrogens with zero attached hydrogens (tertiary/aromatic N) is 1. The van der Waals surface area contributed by atoms with Gasteiger partial charge in [0.1, 0.15) is 0 Å². The Balaban J connectivity index is 1.72. The lowest BCUT2D eigenvalue weighted by atomic mass is 9.94. The molecule has 1 aliphatic carbocycles. The van der Waals surface area contributed by atoms with Crippen molar-refractivity contribution in [3.63, 3.8) is 0 Å². The highest BCUT2D eigenvalue weighted by Gasteiger charge is 2.37. The van der Waals surface area contributed by atoms with Gasteiger partial charge in [0.25, 0.3) is 0 Å². The van der Waals surface area contributed by atoms with E-state index in [0.717, 1.165) is 25.1 Å². The normalized spacial score (nSPS) is 23.0. The van der Waals surface area contributed by atoms with Crippen LogP contribution in [-0.2, 0) is 4.79 Å². The van der Waals surface area contributed by atoms with E-state index in [2.05, 4.69) is 29.3 Å². The molecular weight excluding hydrogens is 260 g/mol. The van der Waals surface area contributed by atoms with Crippen LogP contribution in [-0.4, -0.2) is 36.0 Å². The molecule has 1 aliphatic heterocycles. The Morgan fingerprint density at radius 3 is 2.62 bits per heavy atom. The molecular formula is C18H26N2O. The number of hydrogen-bond acceptors (Lipinski definition) is 2. The second-order valence-electron chi connectivity index (χ2n) is 6.39. The van der Waals surface area contributed by atoms with Crippen molar-refractivity contribution in [2.75, 3.05) is 13.1 Å². The number of rotatable bonds is 6. The van der Waals surface area contributed by atoms with Gasteiger partial charge in [0.05, 0.1) is 5.92 Å². The summed E-state index contributed by atoms with van der Waals surface area (Å²) in [5.41, 5.74) is 1.16. The third-order valence-electron chi connectivity index (χ3n) is 4.76. The minimum absolute atomic E-state index is 0.0215. The molecule has 2 fully saturated rings. The van der Waals surface area contributed by atoms with Gasteiger partial charge in [-0.15, -0.1) is 0 Å². The van der Waals surface area contributed by atoms with Gasteiger partial charge >= 0.3 is 0 Å². The Labute approximate surface area is 127 Å². The monoisotopic (exact) mass is 286 g/mol. The maximum atomic E-state index is 13.0. The number of hydrogen-bond donors (Lipinski definition) is 1. The van der Waals surface area contributed by atoms with Crippen LogP contribution in [0, 0.1) is 0 Å². The average molecular weight is 286 g/mol. The lowest BCUT2D eigenvalue weighted by molar-refractivity contribution is -0.133. The largest absolute Gasteiger partial charge is 0.338 e. The van der Waals surface area contributed by atoms with Crippen LogP contribution in [0.3, 0.4) is 0 Å². The fraction of sp³-hybridized carbons (Fsp3) is 0.611. The quantitative estimate of drug-likeness (QED) is 0.872. The van der Waals surface area contributed by atoms with E-state index in [1.807, 2.05) is 18.2 Å². The van der Waals surface area contributed by atoms with E-state index < -0.39 is 0 Å². The smallest absolute Gasteiger partial charge is 0.230 e. The van der Waals surface area contributed by atoms with Crippen LogP contribution in [0.5, 0.6) is 0 Å². The average Bonchev–Trinajstić information content (AvgIpc) is 3.23. The van der Waals surface area contributed by atoms with Gasteiger partial charge in [0.15, 0.2) is 0 Å². The predicted molar refractivity (Wildman–Crippen MR) is 85.2 cm³/mol. The highest BCUT2D eigenvalue weighted by Crippen LogP contribution is 2.32. The van der Waals surface area contributed by atoms with Crippen molar-refractivity contribution in [1.29, 1.82) is 0 Å². The second-order valence-corrected chi connectivity index (χ2v) is 6.39. The van der Waals surface area contributed by atoms with Crippen molar-refractivity contribution in [3.05, 3.63) is 35.9 Å². The third-order valence-corrected chi connectivity index (χ3v) is 4.76. The van der Waals surface area contributed by atoms with Crippen molar-refractivity contribution in [2.45, 2.75) is 57.0 Å². The molecule has 2 atom stereocenters. The molecule has 3 heteroatoms. The summed E-state index contributed by atoms with van der Waals surface area (Å²) in [6.07, 6.45) is 5.70. The molecule has 21 heavy (non-hydrogen) atoms. The van der Waals surface area contributed by atoms with Gasteiger partial charge in [-0.3, -0.25) is 4.79 Å². The molecule has 0 spiro atoms. The van der Waals surface area contributed by atoms with Crippen molar-refractivity contribution >= 4 is 5.91 Å². The molecule has 1 aromatic carbocycles. The SMILES string of the molecule is CCC(C(=O)N(CC1CCCN1)C1CC1)c1ccccc1. The molecule has 1 amide bonds. The van der Waals surface area contributed by atoms with E-state index in [0.29, 0.717) is 18.0 Å². The van der Waals surface area contributed by atoms with Crippen LogP contribution in [0.25, 0.3) is 0 Å². The fourth-order valence-electron chi connectivity index (χ4n) is 3.39. The van der Waals surface area contributed by atoms with Crippen molar-refractivity contribution in [2.24, 2.45) is 0 Å². The highest BCUT2D eigenvalue weighted by atomic mass is 16.2. The Morgan fingerprint density at radius 1 is 1.29 bits per heavy atom. The maximum Gasteiger partial charge on any atom is 0.230 e. The van der Waals surface area contributed by atoms with E-state index in [9.17, 15) is 4.79 Å². The molecule has 1 aromatic rings. The molecule has 2 unspecified atom stereocenters. The van der Waals surface area contributed by atoms with E-state index in [4.69, 9.17) is 0 Å². The molecule has 0 radical (unpaired) electrons. The third kappa shape index (κ3) is 3.46. The Morgan fingerprint density at radius 2 is 2.05 bits per heavy atom. The van der Waals surface area contributed by atoms with Gasteiger partial charge in [-0.25, -0.2) is 0 Å². The van der Waals surface area contributed by atoms with Gasteiger partial charge in [-0.05, 0) is 44.2 Å². The summed E-state index contributed by atoms with van der Waals surface area (Å²) in [6.45, 7) is 4.12. The first-order valence-electron chi connectivity index (χ1n) is 8.38. The van der Waals surface area contributed by atoms with Crippen LogP contribution < -0.4 is 5.32 Å². The molecule has 114 valence electrons. The molecule has 1 saturated carbocycles. The van der Waals surface area contributed by atoms with Crippen LogP contribution in [0.2, 0.25) is 0 Å². The minimum atomic E-state index is 0.0215. The van der Waals surface area contributed by atoms with Crippen molar-refractivity contribution < 1.29 is 4.79 Å². The number of amides is 1. The predicted octanol–water partition coefficient (Wildman–Crippen LogP) is 2.92. The van der Waals surface area contributed by atoms with E-state index >= 15 is 0 Å². The second kappa shape index (κ2) is 6.61. The molecule has 1 saturated heterocycles. The summed E-state index contributed by atoms with van der Waals surface area (Å²) in [6, 6.07) is 11.3. The molecule has 0 aromatic heterocycles. The molecule has 3 rings (SSSR count). The van der Waals surface area contributed by atoms with Crippen LogP contribution in [0.1, 0.15) is 50.5 Å². The Hall–Kier alpha value is -1.35. The number of carbonyl (C=O) groups excluding carboxylic acids is 1. The van der Waals surface area contributed by atoms with Crippen molar-refractivity contribution in [1.82, 2.24) is 10.2 Å². The Kier molecular flexibility index (Phi) is 4.59. The number of nitrogens with one attached hydrogen (secondary N) is 1. The van der Waals surface area contributed by atoms with E-state index in [1.165, 1.54) is 25.7 Å². The summed E-state index contributed by atoms with van der Waals surface area (Å²) < 4.78 is 0. The molecule has 0 bridgehead atoms. The van der Waals surface area contributed by atoms with Gasteiger partial charge in [0, 0.05) is 18.6 Å². The molecule has 1 heterocycles. The Bertz CT molecular complexity index is 463. The van der Waals surface area contributed by atoms with Crippen LogP contribution in [0.15, 0.2) is 30.3 Å². The van der Waals surface area contributed by atoms with E-state index in [1.54, 1.807) is 0 Å². The minimum Gasteiger partial charge on any atom is -0.338 e. The lowest BCUT2D eigenvalue weighted by Gasteiger charge is -2.29. The molecule has 3 nitrogen and oxygen atoms in total. The summed E-state index contributed by atoms with van der Waals surface area (Å²) in [4.78, 5) is 15.2. The first-order chi connectivity index (χ1) is 10.3. The van der Waals surface area contributed by atoms with Crippen LogP contribution in [0.4, 0.5) is 0 Å². The van der Waals surface area contributed by atoms with Gasteiger partial charge < -0.3 is 10.2 Å². The van der Waals surface area contributed by atoms with Crippen LogP contribution >= 0.6 is 0 Å². The topological polar surface area (TPSA) is 32.3 Å². The molecule has 2 aliphatic rings. The summed E-state index contributed by atoms with van der Waals surface area (Å²) in [7, 11) is 0. The summed E-state index contributed by atoms with van der Waals surface area (Å²) >= 11 is 0. The first-order valence-corrected chi connectivity index (χ1v) is 8.38. The zero-order chi connectivity index (χ0) is 14.7. The fourth-order valence-corrected chi connectivity index (χ4v) is 3.39. The standard InChI is InChI=1S/C18H26N2O/c1-2-17(14-7-4-3-5-8-14)18(21)20(16-10-11-16)13-15-9-6-12-19-15/h3-5,7-8,15-17,19H,2,6,9-13H2,1H3. The zero-order valence-corrected chi connectivity index (χ0v) is 12.9.